The van der Waals surface area contributed by atoms with Crippen molar-refractivity contribution >= 4 is 39.5 Å². The van der Waals surface area contributed by atoms with Crippen LogP contribution in [-0.4, -0.2) is 96.7 Å². The van der Waals surface area contributed by atoms with Crippen molar-refractivity contribution in [1.82, 2.24) is 0 Å². The van der Waals surface area contributed by atoms with Gasteiger partial charge in [-0.15, -0.1) is 0 Å². The van der Waals surface area contributed by atoms with E-state index < -0.39 is 97.5 Å². The van der Waals surface area contributed by atoms with Crippen molar-refractivity contribution in [2.75, 3.05) is 39.6 Å². The second-order valence-corrected chi connectivity index (χ2v) is 29.8. The topological polar surface area (TPSA) is 237 Å². The summed E-state index contributed by atoms with van der Waals surface area (Å²) in [6.45, 7) is 4.16. The van der Waals surface area contributed by atoms with Gasteiger partial charge in [-0.1, -0.05) is 314 Å². The Hall–Kier alpha value is -7.66. The lowest BCUT2D eigenvalue weighted by atomic mass is 10.1. The molecule has 19 heteroatoms. The Balaban J connectivity index is 5.67. The number of esters is 4. The molecule has 17 nitrogen and oxygen atoms in total. The quantitative estimate of drug-likeness (QED) is 0.0169. The summed E-state index contributed by atoms with van der Waals surface area (Å²) in [5.74, 6) is -2.55. The van der Waals surface area contributed by atoms with E-state index in [4.69, 9.17) is 37.0 Å². The highest BCUT2D eigenvalue weighted by Gasteiger charge is 2.30. The summed E-state index contributed by atoms with van der Waals surface area (Å²) in [4.78, 5) is 73.2. The molecule has 0 bridgehead atoms. The second-order valence-electron chi connectivity index (χ2n) is 26.9. The number of allylic oxidation sites excluding steroid dienone is 44. The zero-order valence-corrected chi connectivity index (χ0v) is 72.6. The average molecular weight is 1650 g/mol. The number of phosphoric ester groups is 2. The van der Waals surface area contributed by atoms with Crippen molar-refractivity contribution in [3.63, 3.8) is 0 Å². The van der Waals surface area contributed by atoms with Crippen molar-refractivity contribution in [1.29, 1.82) is 0 Å². The van der Waals surface area contributed by atoms with E-state index in [1.807, 2.05) is 54.7 Å². The van der Waals surface area contributed by atoms with Gasteiger partial charge in [0, 0.05) is 25.7 Å². The molecule has 0 saturated carbocycles. The van der Waals surface area contributed by atoms with Gasteiger partial charge in [0.15, 0.2) is 12.2 Å². The molecule has 0 fully saturated rings. The van der Waals surface area contributed by atoms with Crippen LogP contribution in [0.4, 0.5) is 0 Å². The van der Waals surface area contributed by atoms with Crippen LogP contribution in [0.3, 0.4) is 0 Å². The van der Waals surface area contributed by atoms with Crippen molar-refractivity contribution < 1.29 is 80.2 Å². The molecule has 0 aromatic carbocycles. The highest BCUT2D eigenvalue weighted by atomic mass is 31.2. The molecule has 116 heavy (non-hydrogen) atoms. The lowest BCUT2D eigenvalue weighted by molar-refractivity contribution is -0.161. The van der Waals surface area contributed by atoms with Gasteiger partial charge >= 0.3 is 39.5 Å². The fourth-order valence-corrected chi connectivity index (χ4v) is 11.4. The molecule has 0 radical (unpaired) electrons. The Morgan fingerprint density at radius 2 is 0.466 bits per heavy atom. The van der Waals surface area contributed by atoms with Crippen LogP contribution < -0.4 is 0 Å². The molecule has 0 amide bonds. The molecule has 0 spiro atoms. The van der Waals surface area contributed by atoms with Gasteiger partial charge in [-0.05, 0) is 186 Å². The number of unbranched alkanes of at least 4 members (excludes halogenated alkanes) is 6. The number of aliphatic hydroxyl groups is 1. The Bertz CT molecular complexity index is 3260. The Morgan fingerprint density at radius 3 is 0.724 bits per heavy atom. The van der Waals surface area contributed by atoms with Crippen LogP contribution in [0.15, 0.2) is 267 Å². The highest BCUT2D eigenvalue weighted by Crippen LogP contribution is 2.45. The third kappa shape index (κ3) is 84.3. The van der Waals surface area contributed by atoms with E-state index in [1.165, 1.54) is 19.3 Å². The van der Waals surface area contributed by atoms with E-state index in [0.717, 1.165) is 141 Å². The zero-order chi connectivity index (χ0) is 84.5. The molecule has 0 aromatic rings. The summed E-state index contributed by atoms with van der Waals surface area (Å²) in [5, 5.41) is 10.7. The van der Waals surface area contributed by atoms with Crippen molar-refractivity contribution in [2.24, 2.45) is 0 Å². The van der Waals surface area contributed by atoms with Crippen LogP contribution in [0.5, 0.6) is 0 Å². The first kappa shape index (κ1) is 108. The molecule has 0 aliphatic carbocycles. The molecule has 646 valence electrons. The van der Waals surface area contributed by atoms with E-state index in [1.54, 1.807) is 0 Å². The monoisotopic (exact) mass is 1650 g/mol. The van der Waals surface area contributed by atoms with Crippen LogP contribution in [0.1, 0.15) is 259 Å². The summed E-state index contributed by atoms with van der Waals surface area (Å²) in [6.07, 6.45) is 115. The first-order chi connectivity index (χ1) is 56.7. The maximum atomic E-state index is 13.1. The molecular weight excluding hydrogens is 1500 g/mol. The van der Waals surface area contributed by atoms with Crippen molar-refractivity contribution in [3.8, 4) is 0 Å². The molecular formula is C97H146O17P2. The first-order valence-corrected chi connectivity index (χ1v) is 45.6. The molecule has 0 rings (SSSR count). The number of hydrogen-bond acceptors (Lipinski definition) is 15. The van der Waals surface area contributed by atoms with E-state index in [-0.39, 0.29) is 25.7 Å². The third-order valence-corrected chi connectivity index (χ3v) is 18.1. The molecule has 0 heterocycles. The summed E-state index contributed by atoms with van der Waals surface area (Å²) in [5.41, 5.74) is 0. The predicted octanol–water partition coefficient (Wildman–Crippen LogP) is 25.9. The van der Waals surface area contributed by atoms with E-state index in [0.29, 0.717) is 44.9 Å². The molecule has 0 aromatic heterocycles. The first-order valence-electron chi connectivity index (χ1n) is 42.6. The van der Waals surface area contributed by atoms with Gasteiger partial charge in [0.1, 0.15) is 19.3 Å². The molecule has 2 unspecified atom stereocenters. The lowest BCUT2D eigenvalue weighted by Gasteiger charge is -2.21. The Morgan fingerprint density at radius 1 is 0.250 bits per heavy atom. The largest absolute Gasteiger partial charge is 0.472 e. The van der Waals surface area contributed by atoms with Crippen LogP contribution in [0, 0.1) is 0 Å². The fourth-order valence-electron chi connectivity index (χ4n) is 9.87. The Kier molecular flexibility index (Phi) is 79.6. The van der Waals surface area contributed by atoms with Gasteiger partial charge in [-0.3, -0.25) is 37.3 Å². The van der Waals surface area contributed by atoms with Crippen LogP contribution in [0.2, 0.25) is 0 Å². The molecule has 0 aliphatic rings. The van der Waals surface area contributed by atoms with E-state index in [2.05, 4.69) is 240 Å². The summed E-state index contributed by atoms with van der Waals surface area (Å²) in [7, 11) is -10.1. The zero-order valence-electron chi connectivity index (χ0n) is 70.8. The third-order valence-electron chi connectivity index (χ3n) is 16.2. The lowest BCUT2D eigenvalue weighted by Crippen LogP contribution is -2.30. The number of hydrogen-bond donors (Lipinski definition) is 3. The average Bonchev–Trinajstić information content (AvgIpc) is 0.898. The Labute approximate surface area is 700 Å². The van der Waals surface area contributed by atoms with Gasteiger partial charge in [-0.2, -0.15) is 0 Å². The maximum Gasteiger partial charge on any atom is 0.472 e. The normalized spacial score (nSPS) is 15.1. The van der Waals surface area contributed by atoms with Gasteiger partial charge in [-0.25, -0.2) is 9.13 Å². The van der Waals surface area contributed by atoms with Crippen molar-refractivity contribution in [2.45, 2.75) is 277 Å². The number of rotatable bonds is 76. The van der Waals surface area contributed by atoms with Crippen molar-refractivity contribution in [3.05, 3.63) is 267 Å². The summed E-state index contributed by atoms with van der Waals surface area (Å²) >= 11 is 0. The minimum absolute atomic E-state index is 0.00487. The fraction of sp³-hybridized carbons (Fsp3) is 0.505. The number of ether oxygens (including phenoxy) is 4. The molecule has 0 saturated heterocycles. The van der Waals surface area contributed by atoms with Crippen LogP contribution >= 0.6 is 15.6 Å². The standard InChI is InChI=1S/C97H146O17P2/c1-5-9-13-17-21-25-29-33-37-41-45-49-53-57-61-65-69-73-77-81-94(99)107-87-92(113-96(101)83-79-75-71-67-63-59-55-51-47-43-39-35-31-27-23-19-15-11-7-3)89-111-115(103,104)109-85-91(98)86-110-116(105,106)112-90-93(114-97(102)84-80-76-72-68-64-60-56-52-48-44-40-36-32-28-24-20-16-12-8-4)88-108-95(100)82-78-74-70-66-62-58-54-50-46-42-38-34-30-26-22-18-14-10-6-2/h9-11,13-15,21-28,33-40,45-52,57-64,69,71-73,75-76,91-93,98H,5-8,12,16-20,29-32,41-44,53-56,65-68,70,74,77-90H2,1-4H3,(H,103,104)(H,105,106)/b13-9-,14-10-,15-11-,25-21-,26-22-,27-23-,28-24-,37-33-,38-34-,39-35-,40-36-,49-45-,50-46-,51-47-,52-48-,61-57-,62-58-,63-59-,64-60-,73-69-,75-71-,76-72-/t91-,92-,93-/m1/s1. The van der Waals surface area contributed by atoms with Crippen LogP contribution in [0.25, 0.3) is 0 Å². The van der Waals surface area contributed by atoms with Gasteiger partial charge in [0.05, 0.1) is 26.4 Å². The SMILES string of the molecule is CC/C=C\C/C=C\C/C=C\C/C=C\C/C=C\C/C=C\CCC(=O)OC[C@H](COP(=O)(O)OC[C@@H](O)COP(=O)(O)OC[C@@H](COC(=O)CCCCC/C=C\C/C=C\C/C=C\C/C=C\C/C=C\CC)OC(=O)CC/C=C\C/C=C\C/C=C\C/C=C\C/C=C\CCCCC)OC(=O)CC/C=C\C/C=C\C/C=C\C/C=C\C/C=C\C/C=C\CC. The van der Waals surface area contributed by atoms with E-state index in [9.17, 15) is 43.2 Å². The molecule has 5 atom stereocenters. The smallest absolute Gasteiger partial charge is 0.462 e. The highest BCUT2D eigenvalue weighted by molar-refractivity contribution is 7.47. The maximum absolute atomic E-state index is 13.1. The minimum Gasteiger partial charge on any atom is -0.462 e. The minimum atomic E-state index is -5.05. The number of phosphoric acid groups is 2. The predicted molar refractivity (Wildman–Crippen MR) is 481 cm³/mol. The van der Waals surface area contributed by atoms with E-state index >= 15 is 0 Å². The van der Waals surface area contributed by atoms with Gasteiger partial charge in [0.25, 0.3) is 0 Å². The van der Waals surface area contributed by atoms with Gasteiger partial charge < -0.3 is 33.8 Å². The summed E-state index contributed by atoms with van der Waals surface area (Å²) in [6, 6.07) is 0. The molecule has 0 aliphatic heterocycles. The van der Waals surface area contributed by atoms with Gasteiger partial charge in [0.2, 0.25) is 0 Å². The molecule has 3 N–H and O–H groups in total. The van der Waals surface area contributed by atoms with Crippen LogP contribution in [-0.2, 0) is 65.4 Å². The summed E-state index contributed by atoms with van der Waals surface area (Å²) < 4.78 is 68.5. The number of aliphatic hydroxyl groups excluding tert-OH is 1. The number of carbonyl (C=O) groups is 4. The second kappa shape index (κ2) is 85.2. The number of carbonyl (C=O) groups excluding carboxylic acids is 4.